The summed E-state index contributed by atoms with van der Waals surface area (Å²) in [4.78, 5) is 13.7. The third-order valence-corrected chi connectivity index (χ3v) is 0.798. The predicted molar refractivity (Wildman–Crippen MR) is 38.5 cm³/mol. The molecule has 0 fully saturated rings. The third-order valence-electron chi connectivity index (χ3n) is 0.798. The Morgan fingerprint density at radius 2 is 2.33 bits per heavy atom. The Kier molecular flexibility index (Phi) is 4.32. The average Bonchev–Trinajstić information content (AvgIpc) is 1.91. The molecule has 0 unspecified atom stereocenters. The second-order valence-electron chi connectivity index (χ2n) is 1.37. The normalized spacial score (nSPS) is 11.9. The van der Waals surface area contributed by atoms with Crippen molar-refractivity contribution in [3.05, 3.63) is 24.4 Å². The van der Waals surface area contributed by atoms with Crippen LogP contribution in [0.5, 0.6) is 0 Å². The fourth-order valence-electron chi connectivity index (χ4n) is 0.312. The van der Waals surface area contributed by atoms with Crippen molar-refractivity contribution in [1.82, 2.24) is 0 Å². The lowest BCUT2D eigenvalue weighted by Gasteiger charge is -1.80. The Morgan fingerprint density at radius 1 is 1.67 bits per heavy atom. The molecule has 0 aliphatic heterocycles. The molecule has 0 aliphatic rings. The molecular formula is C7H9NO. The highest BCUT2D eigenvalue weighted by Crippen LogP contribution is 1.82. The van der Waals surface area contributed by atoms with Gasteiger partial charge in [0.15, 0.2) is 6.29 Å². The maximum Gasteiger partial charge on any atom is 0.151 e. The molecule has 48 valence electrons. The van der Waals surface area contributed by atoms with E-state index in [0.29, 0.717) is 5.57 Å². The third kappa shape index (κ3) is 3.41. The smallest absolute Gasteiger partial charge is 0.151 e. The van der Waals surface area contributed by atoms with E-state index in [9.17, 15) is 4.79 Å². The molecule has 0 radical (unpaired) electrons. The molecular weight excluding hydrogens is 114 g/mol. The summed E-state index contributed by atoms with van der Waals surface area (Å²) in [5.41, 5.74) is 0.565. The van der Waals surface area contributed by atoms with Gasteiger partial charge in [-0.2, -0.15) is 0 Å². The summed E-state index contributed by atoms with van der Waals surface area (Å²) >= 11 is 0. The number of rotatable bonds is 3. The summed E-state index contributed by atoms with van der Waals surface area (Å²) in [7, 11) is 0. The van der Waals surface area contributed by atoms with Crippen molar-refractivity contribution in [2.24, 2.45) is 4.99 Å². The number of aliphatic imine (C=N–C) groups is 1. The summed E-state index contributed by atoms with van der Waals surface area (Å²) < 4.78 is 0. The SMILES string of the molecule is C=CN=C/C(C=O)=C\C. The molecule has 0 saturated heterocycles. The van der Waals surface area contributed by atoms with Crippen LogP contribution in [0.1, 0.15) is 6.92 Å². The number of aldehydes is 1. The van der Waals surface area contributed by atoms with Crippen LogP contribution in [0.3, 0.4) is 0 Å². The molecule has 2 nitrogen and oxygen atoms in total. The van der Waals surface area contributed by atoms with Crippen LogP contribution in [0, 0.1) is 0 Å². The van der Waals surface area contributed by atoms with Gasteiger partial charge in [-0.25, -0.2) is 0 Å². The molecule has 0 amide bonds. The monoisotopic (exact) mass is 123 g/mol. The zero-order valence-electron chi connectivity index (χ0n) is 5.37. The Hall–Kier alpha value is -1.18. The number of carbonyl (C=O) groups is 1. The van der Waals surface area contributed by atoms with Gasteiger partial charge in [0.05, 0.1) is 0 Å². The van der Waals surface area contributed by atoms with E-state index in [0.717, 1.165) is 6.29 Å². The van der Waals surface area contributed by atoms with Crippen LogP contribution in [-0.4, -0.2) is 12.5 Å². The zero-order valence-corrected chi connectivity index (χ0v) is 5.37. The van der Waals surface area contributed by atoms with Crippen LogP contribution in [0.15, 0.2) is 29.4 Å². The molecule has 0 rings (SSSR count). The highest BCUT2D eigenvalue weighted by atomic mass is 16.1. The minimum absolute atomic E-state index is 0.565. The summed E-state index contributed by atoms with van der Waals surface area (Å²) in [6, 6.07) is 0. The molecule has 0 aliphatic carbocycles. The maximum absolute atomic E-state index is 10.0. The lowest BCUT2D eigenvalue weighted by atomic mass is 10.3. The zero-order chi connectivity index (χ0) is 7.11. The molecule has 0 saturated carbocycles. The van der Waals surface area contributed by atoms with Crippen molar-refractivity contribution in [3.8, 4) is 0 Å². The van der Waals surface area contributed by atoms with E-state index in [1.165, 1.54) is 12.4 Å². The average molecular weight is 123 g/mol. The molecule has 0 N–H and O–H groups in total. The molecule has 0 aromatic heterocycles. The first-order chi connectivity index (χ1) is 4.35. The summed E-state index contributed by atoms with van der Waals surface area (Å²) in [5.74, 6) is 0. The lowest BCUT2D eigenvalue weighted by Crippen LogP contribution is -1.82. The predicted octanol–water partition coefficient (Wildman–Crippen LogP) is 1.35. The lowest BCUT2D eigenvalue weighted by molar-refractivity contribution is -0.104. The Bertz CT molecular complexity index is 156. The Labute approximate surface area is 54.6 Å². The van der Waals surface area contributed by atoms with E-state index in [1.54, 1.807) is 13.0 Å². The number of nitrogens with zero attached hydrogens (tertiary/aromatic N) is 1. The van der Waals surface area contributed by atoms with Gasteiger partial charge in [0.2, 0.25) is 0 Å². The van der Waals surface area contributed by atoms with E-state index in [1.807, 2.05) is 0 Å². The quantitative estimate of drug-likeness (QED) is 0.316. The molecule has 0 heterocycles. The molecule has 0 atom stereocenters. The Balaban J connectivity index is 3.99. The van der Waals surface area contributed by atoms with Crippen LogP contribution in [-0.2, 0) is 4.79 Å². The number of hydrogen-bond acceptors (Lipinski definition) is 2. The van der Waals surface area contributed by atoms with Crippen LogP contribution >= 0.6 is 0 Å². The van der Waals surface area contributed by atoms with Gasteiger partial charge in [0.25, 0.3) is 0 Å². The maximum atomic E-state index is 10.0. The molecule has 9 heavy (non-hydrogen) atoms. The molecule has 0 bridgehead atoms. The van der Waals surface area contributed by atoms with Crippen LogP contribution in [0.4, 0.5) is 0 Å². The highest BCUT2D eigenvalue weighted by Gasteiger charge is 1.81. The van der Waals surface area contributed by atoms with Crippen molar-refractivity contribution in [2.75, 3.05) is 0 Å². The van der Waals surface area contributed by atoms with Gasteiger partial charge >= 0.3 is 0 Å². The van der Waals surface area contributed by atoms with Gasteiger partial charge in [-0.05, 0) is 6.92 Å². The van der Waals surface area contributed by atoms with Gasteiger partial charge in [-0.15, -0.1) is 0 Å². The van der Waals surface area contributed by atoms with Gasteiger partial charge in [-0.1, -0.05) is 12.7 Å². The van der Waals surface area contributed by atoms with Crippen molar-refractivity contribution in [1.29, 1.82) is 0 Å². The van der Waals surface area contributed by atoms with E-state index >= 15 is 0 Å². The fourth-order valence-corrected chi connectivity index (χ4v) is 0.312. The van der Waals surface area contributed by atoms with Crippen molar-refractivity contribution in [3.63, 3.8) is 0 Å². The minimum Gasteiger partial charge on any atom is -0.298 e. The number of hydrogen-bond donors (Lipinski definition) is 0. The number of carbonyl (C=O) groups excluding carboxylic acids is 1. The second kappa shape index (κ2) is 4.97. The first-order valence-electron chi connectivity index (χ1n) is 2.60. The minimum atomic E-state index is 0.565. The highest BCUT2D eigenvalue weighted by molar-refractivity contribution is 6.01. The largest absolute Gasteiger partial charge is 0.298 e. The summed E-state index contributed by atoms with van der Waals surface area (Å²) in [6.45, 7) is 5.14. The van der Waals surface area contributed by atoms with Gasteiger partial charge in [-0.3, -0.25) is 9.79 Å². The van der Waals surface area contributed by atoms with Gasteiger partial charge in [0, 0.05) is 18.0 Å². The Morgan fingerprint density at radius 3 is 2.67 bits per heavy atom. The van der Waals surface area contributed by atoms with E-state index in [4.69, 9.17) is 0 Å². The first kappa shape index (κ1) is 7.82. The van der Waals surface area contributed by atoms with E-state index < -0.39 is 0 Å². The van der Waals surface area contributed by atoms with Crippen LogP contribution in [0.25, 0.3) is 0 Å². The van der Waals surface area contributed by atoms with Crippen molar-refractivity contribution in [2.45, 2.75) is 6.92 Å². The van der Waals surface area contributed by atoms with Crippen LogP contribution in [0.2, 0.25) is 0 Å². The van der Waals surface area contributed by atoms with E-state index in [-0.39, 0.29) is 0 Å². The molecule has 0 aromatic carbocycles. The van der Waals surface area contributed by atoms with Gasteiger partial charge < -0.3 is 0 Å². The van der Waals surface area contributed by atoms with Crippen LogP contribution < -0.4 is 0 Å². The fraction of sp³-hybridized carbons (Fsp3) is 0.143. The van der Waals surface area contributed by atoms with E-state index in [2.05, 4.69) is 11.6 Å². The molecule has 0 aromatic rings. The van der Waals surface area contributed by atoms with Crippen molar-refractivity contribution < 1.29 is 4.79 Å². The molecule has 2 heteroatoms. The topological polar surface area (TPSA) is 29.4 Å². The first-order valence-corrected chi connectivity index (χ1v) is 2.60. The van der Waals surface area contributed by atoms with Gasteiger partial charge in [0.1, 0.15) is 0 Å². The van der Waals surface area contributed by atoms with Crippen molar-refractivity contribution >= 4 is 12.5 Å². The second-order valence-corrected chi connectivity index (χ2v) is 1.37. The summed E-state index contributed by atoms with van der Waals surface area (Å²) in [6.07, 6.45) is 5.26. The molecule has 0 spiro atoms. The standard InChI is InChI=1S/C7H9NO/c1-3-7(6-9)5-8-4-2/h3-6H,2H2,1H3/b7-3+,8-5?. The number of allylic oxidation sites excluding steroid dienone is 2. The summed E-state index contributed by atoms with van der Waals surface area (Å²) in [5, 5.41) is 0.